The number of hydroxylamine groups is 1. The maximum Gasteiger partial charge on any atom is 0.276 e. The highest BCUT2D eigenvalue weighted by atomic mass is 127. The number of carbonyl (C=O) groups excluding carboxylic acids is 1. The van der Waals surface area contributed by atoms with Crippen LogP contribution in [0.1, 0.15) is 54.7 Å². The zero-order chi connectivity index (χ0) is 30.1. The number of nitrogens with one attached hydrogen (secondary N) is 3. The van der Waals surface area contributed by atoms with E-state index in [0.717, 1.165) is 60.1 Å². The number of carbonyl (C=O) groups is 1. The summed E-state index contributed by atoms with van der Waals surface area (Å²) in [5, 5.41) is 3.58. The summed E-state index contributed by atoms with van der Waals surface area (Å²) in [4.78, 5) is 25.2. The Morgan fingerprint density at radius 2 is 1.90 bits per heavy atom. The van der Waals surface area contributed by atoms with E-state index in [1.807, 2.05) is 18.2 Å². The van der Waals surface area contributed by atoms with Crippen molar-refractivity contribution in [3.8, 4) is 0 Å². The van der Waals surface area contributed by atoms with Gasteiger partial charge in [-0.3, -0.25) is 14.6 Å². The number of hydrogen-bond acceptors (Lipinski definition) is 7. The molecule has 3 aromatic rings. The van der Waals surface area contributed by atoms with E-state index in [0.29, 0.717) is 23.2 Å². The summed E-state index contributed by atoms with van der Waals surface area (Å²) < 4.78 is 30.5. The number of pyridine rings is 1. The minimum atomic E-state index is -3.93. The van der Waals surface area contributed by atoms with Crippen LogP contribution in [0.5, 0.6) is 0 Å². The second-order valence-electron chi connectivity index (χ2n) is 10.2. The highest BCUT2D eigenvalue weighted by Crippen LogP contribution is 2.31. The molecule has 1 saturated carbocycles. The van der Waals surface area contributed by atoms with Crippen molar-refractivity contribution < 1.29 is 18.0 Å². The van der Waals surface area contributed by atoms with Gasteiger partial charge in [-0.25, -0.2) is 18.6 Å². The van der Waals surface area contributed by atoms with E-state index >= 15 is 0 Å². The van der Waals surface area contributed by atoms with Crippen LogP contribution >= 0.6 is 34.2 Å². The van der Waals surface area contributed by atoms with E-state index in [9.17, 15) is 13.2 Å². The molecule has 0 bridgehead atoms. The third kappa shape index (κ3) is 9.35. The highest BCUT2D eigenvalue weighted by Gasteiger charge is 2.23. The van der Waals surface area contributed by atoms with Crippen molar-refractivity contribution in [3.05, 3.63) is 80.1 Å². The fraction of sp³-hybridized carbons (Fsp3) is 0.400. The van der Waals surface area contributed by atoms with Crippen molar-refractivity contribution in [3.63, 3.8) is 0 Å². The number of benzene rings is 2. The quantitative estimate of drug-likeness (QED) is 0.124. The van der Waals surface area contributed by atoms with Gasteiger partial charge in [-0.05, 0) is 122 Å². The summed E-state index contributed by atoms with van der Waals surface area (Å²) in [6.07, 6.45) is 5.60. The predicted octanol–water partition coefficient (Wildman–Crippen LogP) is 5.91. The lowest BCUT2D eigenvalue weighted by molar-refractivity contribution is 0.0271. The van der Waals surface area contributed by atoms with Crippen molar-refractivity contribution in [1.82, 2.24) is 20.1 Å². The Hall–Kier alpha value is -2.29. The first kappa shape index (κ1) is 32.6. The molecular formula is C30H37ClIN5O4S. The molecule has 0 aliphatic heterocycles. The molecule has 12 heteroatoms. The van der Waals surface area contributed by atoms with Gasteiger partial charge in [0.2, 0.25) is 10.0 Å². The van der Waals surface area contributed by atoms with E-state index in [-0.39, 0.29) is 22.7 Å². The van der Waals surface area contributed by atoms with Crippen LogP contribution in [0.3, 0.4) is 0 Å². The first-order valence-corrected chi connectivity index (χ1v) is 17.1. The molecule has 1 aromatic heterocycles. The van der Waals surface area contributed by atoms with E-state index in [1.165, 1.54) is 18.2 Å². The highest BCUT2D eigenvalue weighted by molar-refractivity contribution is 14.1. The average Bonchev–Trinajstić information content (AvgIpc) is 3.80. The minimum absolute atomic E-state index is 0.00839. The first-order chi connectivity index (χ1) is 20.2. The zero-order valence-corrected chi connectivity index (χ0v) is 27.6. The molecule has 1 amide bonds. The van der Waals surface area contributed by atoms with Crippen molar-refractivity contribution in [2.45, 2.75) is 51.0 Å². The summed E-state index contributed by atoms with van der Waals surface area (Å²) >= 11 is 8.59. The van der Waals surface area contributed by atoms with Gasteiger partial charge in [0, 0.05) is 22.0 Å². The third-order valence-corrected chi connectivity index (χ3v) is 9.53. The largest absolute Gasteiger partial charge is 0.354 e. The van der Waals surface area contributed by atoms with Crippen LogP contribution in [0.4, 0.5) is 11.4 Å². The second-order valence-corrected chi connectivity index (χ2v) is 13.6. The SMILES string of the molecule is CCN(CC)CCCc1ncccc1CNS(=O)(=O)c1ccc(C(=O)NOCC2CC2)c(Nc2ccc(I)cc2Cl)c1. The summed E-state index contributed by atoms with van der Waals surface area (Å²) in [5.41, 5.74) is 5.23. The van der Waals surface area contributed by atoms with Crippen LogP contribution in [-0.2, 0) is 27.8 Å². The average molecular weight is 726 g/mol. The lowest BCUT2D eigenvalue weighted by Crippen LogP contribution is -2.27. The molecule has 0 spiro atoms. The smallest absolute Gasteiger partial charge is 0.276 e. The van der Waals surface area contributed by atoms with Gasteiger partial charge in [0.15, 0.2) is 0 Å². The normalized spacial score (nSPS) is 13.4. The van der Waals surface area contributed by atoms with Crippen molar-refractivity contribution >= 4 is 61.5 Å². The fourth-order valence-corrected chi connectivity index (χ4v) is 6.35. The lowest BCUT2D eigenvalue weighted by Gasteiger charge is -2.18. The number of amides is 1. The molecule has 1 heterocycles. The van der Waals surface area contributed by atoms with Crippen molar-refractivity contribution in [2.24, 2.45) is 5.92 Å². The molecule has 4 rings (SSSR count). The van der Waals surface area contributed by atoms with Crippen LogP contribution in [-0.4, -0.2) is 50.5 Å². The Morgan fingerprint density at radius 3 is 2.62 bits per heavy atom. The number of halogens is 2. The third-order valence-electron chi connectivity index (χ3n) is 7.15. The minimum Gasteiger partial charge on any atom is -0.354 e. The van der Waals surface area contributed by atoms with E-state index in [4.69, 9.17) is 16.4 Å². The Kier molecular flexibility index (Phi) is 12.0. The van der Waals surface area contributed by atoms with Crippen LogP contribution < -0.4 is 15.5 Å². The van der Waals surface area contributed by atoms with Crippen LogP contribution in [0.15, 0.2) is 59.6 Å². The topological polar surface area (TPSA) is 113 Å². The van der Waals surface area contributed by atoms with Gasteiger partial charge < -0.3 is 10.2 Å². The number of rotatable bonds is 16. The Bertz CT molecular complexity index is 1480. The summed E-state index contributed by atoms with van der Waals surface area (Å²) in [6.45, 7) is 7.77. The fourth-order valence-electron chi connectivity index (χ4n) is 4.42. The number of aromatic nitrogens is 1. The molecule has 3 N–H and O–H groups in total. The maximum atomic E-state index is 13.4. The van der Waals surface area contributed by atoms with Gasteiger partial charge >= 0.3 is 0 Å². The number of hydrogen-bond donors (Lipinski definition) is 3. The van der Waals surface area contributed by atoms with Gasteiger partial charge in [-0.15, -0.1) is 0 Å². The molecule has 2 aromatic carbocycles. The number of sulfonamides is 1. The molecular weight excluding hydrogens is 689 g/mol. The number of anilines is 2. The summed E-state index contributed by atoms with van der Waals surface area (Å²) in [5.74, 6) is -0.0174. The van der Waals surface area contributed by atoms with Crippen LogP contribution in [0, 0.1) is 9.49 Å². The number of nitrogens with zero attached hydrogens (tertiary/aromatic N) is 2. The zero-order valence-electron chi connectivity index (χ0n) is 23.8. The van der Waals surface area contributed by atoms with Crippen LogP contribution in [0.2, 0.25) is 5.02 Å². The molecule has 226 valence electrons. The number of aryl methyl sites for hydroxylation is 1. The molecule has 0 saturated heterocycles. The van der Waals surface area contributed by atoms with Gasteiger partial charge in [0.1, 0.15) is 0 Å². The summed E-state index contributed by atoms with van der Waals surface area (Å²) in [7, 11) is -3.93. The molecule has 0 atom stereocenters. The van der Waals surface area contributed by atoms with Crippen molar-refractivity contribution in [2.75, 3.05) is 31.6 Å². The van der Waals surface area contributed by atoms with E-state index in [2.05, 4.69) is 61.8 Å². The first-order valence-electron chi connectivity index (χ1n) is 14.1. The Balaban J connectivity index is 1.52. The van der Waals surface area contributed by atoms with Gasteiger partial charge in [0.05, 0.1) is 33.5 Å². The maximum absolute atomic E-state index is 13.4. The molecule has 1 aliphatic rings. The molecule has 0 unspecified atom stereocenters. The predicted molar refractivity (Wildman–Crippen MR) is 174 cm³/mol. The molecule has 0 radical (unpaired) electrons. The van der Waals surface area contributed by atoms with Gasteiger partial charge in [-0.2, -0.15) is 0 Å². The monoisotopic (exact) mass is 725 g/mol. The van der Waals surface area contributed by atoms with Crippen LogP contribution in [0.25, 0.3) is 0 Å². The van der Waals surface area contributed by atoms with Gasteiger partial charge in [0.25, 0.3) is 5.91 Å². The van der Waals surface area contributed by atoms with Gasteiger partial charge in [-0.1, -0.05) is 31.5 Å². The summed E-state index contributed by atoms with van der Waals surface area (Å²) in [6, 6.07) is 13.4. The Labute approximate surface area is 266 Å². The Morgan fingerprint density at radius 1 is 1.12 bits per heavy atom. The molecule has 1 fully saturated rings. The molecule has 1 aliphatic carbocycles. The standard InChI is InChI=1S/C30H37ClIN5O4S/c1-3-37(4-2)16-6-8-27-22(7-5-15-33-27)19-34-42(39,40)24-12-13-25(30(38)36-41-20-21-9-10-21)29(18-24)35-28-14-11-23(32)17-26(28)31/h5,7,11-15,17-18,21,34-35H,3-4,6,8-10,16,19-20H2,1-2H3,(H,36,38). The molecule has 9 nitrogen and oxygen atoms in total. The van der Waals surface area contributed by atoms with Crippen molar-refractivity contribution in [1.29, 1.82) is 0 Å². The van der Waals surface area contributed by atoms with E-state index < -0.39 is 15.9 Å². The lowest BCUT2D eigenvalue weighted by atomic mass is 10.1. The molecule has 42 heavy (non-hydrogen) atoms. The second kappa shape index (κ2) is 15.4. The van der Waals surface area contributed by atoms with E-state index in [1.54, 1.807) is 18.3 Å².